The molecule has 0 aromatic heterocycles. The van der Waals surface area contributed by atoms with Crippen molar-refractivity contribution in [3.05, 3.63) is 12.2 Å². The standard InChI is InChI=1S/C17H30O4/c1-6-10-11-13-17(14(5)12-7-2,15(18)20-8-3)16(19)21-9-4/h11,13-14H,6-10,12H2,1-5H3. The number of allylic oxidation sites excluding steroid dienone is 1. The average Bonchev–Trinajstić information content (AvgIpc) is 2.44. The van der Waals surface area contributed by atoms with E-state index in [2.05, 4.69) is 6.92 Å². The normalized spacial score (nSPS) is 13.2. The van der Waals surface area contributed by atoms with E-state index < -0.39 is 17.4 Å². The Labute approximate surface area is 128 Å². The summed E-state index contributed by atoms with van der Waals surface area (Å²) in [6.07, 6.45) is 7.02. The van der Waals surface area contributed by atoms with Crippen LogP contribution in [0.25, 0.3) is 0 Å². The van der Waals surface area contributed by atoms with E-state index in [4.69, 9.17) is 9.47 Å². The smallest absolute Gasteiger partial charge is 0.327 e. The molecule has 1 unspecified atom stereocenters. The Kier molecular flexibility index (Phi) is 9.76. The topological polar surface area (TPSA) is 52.6 Å². The molecule has 122 valence electrons. The van der Waals surface area contributed by atoms with Crippen molar-refractivity contribution in [2.24, 2.45) is 11.3 Å². The first-order valence-electron chi connectivity index (χ1n) is 8.03. The van der Waals surface area contributed by atoms with Crippen LogP contribution in [0.3, 0.4) is 0 Å². The van der Waals surface area contributed by atoms with Crippen LogP contribution in [0.4, 0.5) is 0 Å². The predicted molar refractivity (Wildman–Crippen MR) is 83.8 cm³/mol. The fourth-order valence-electron chi connectivity index (χ4n) is 2.38. The SMILES string of the molecule is CCCC=CC(C(=O)OCC)(C(=O)OCC)C(C)CCC. The lowest BCUT2D eigenvalue weighted by atomic mass is 9.73. The van der Waals surface area contributed by atoms with Gasteiger partial charge >= 0.3 is 11.9 Å². The summed E-state index contributed by atoms with van der Waals surface area (Å²) in [4.78, 5) is 25.0. The second-order valence-corrected chi connectivity index (χ2v) is 5.19. The predicted octanol–water partition coefficient (Wildman–Crippen LogP) is 3.89. The molecule has 0 fully saturated rings. The molecule has 0 saturated heterocycles. The van der Waals surface area contributed by atoms with Crippen LogP contribution in [-0.4, -0.2) is 25.2 Å². The van der Waals surface area contributed by atoms with Crippen molar-refractivity contribution < 1.29 is 19.1 Å². The van der Waals surface area contributed by atoms with Crippen molar-refractivity contribution in [3.8, 4) is 0 Å². The molecule has 0 aliphatic carbocycles. The summed E-state index contributed by atoms with van der Waals surface area (Å²) >= 11 is 0. The molecule has 1 atom stereocenters. The van der Waals surface area contributed by atoms with E-state index in [-0.39, 0.29) is 19.1 Å². The van der Waals surface area contributed by atoms with Crippen LogP contribution in [0.5, 0.6) is 0 Å². The molecule has 0 N–H and O–H groups in total. The minimum Gasteiger partial charge on any atom is -0.465 e. The lowest BCUT2D eigenvalue weighted by Gasteiger charge is -2.31. The van der Waals surface area contributed by atoms with Crippen molar-refractivity contribution in [3.63, 3.8) is 0 Å². The average molecular weight is 298 g/mol. The maximum Gasteiger partial charge on any atom is 0.327 e. The Balaban J connectivity index is 5.68. The molecule has 0 radical (unpaired) electrons. The van der Waals surface area contributed by atoms with Crippen LogP contribution in [0, 0.1) is 11.3 Å². The molecule has 0 amide bonds. The van der Waals surface area contributed by atoms with Crippen LogP contribution in [0.2, 0.25) is 0 Å². The first-order valence-corrected chi connectivity index (χ1v) is 8.03. The van der Waals surface area contributed by atoms with Gasteiger partial charge in [-0.05, 0) is 32.6 Å². The molecule has 0 aliphatic rings. The zero-order valence-electron chi connectivity index (χ0n) is 14.1. The Morgan fingerprint density at radius 1 is 1.00 bits per heavy atom. The van der Waals surface area contributed by atoms with Gasteiger partial charge in [-0.3, -0.25) is 9.59 Å². The highest BCUT2D eigenvalue weighted by Crippen LogP contribution is 2.36. The minimum absolute atomic E-state index is 0.159. The van der Waals surface area contributed by atoms with Crippen LogP contribution in [-0.2, 0) is 19.1 Å². The Hall–Kier alpha value is -1.32. The van der Waals surface area contributed by atoms with Gasteiger partial charge in [-0.2, -0.15) is 0 Å². The van der Waals surface area contributed by atoms with Crippen LogP contribution in [0.15, 0.2) is 12.2 Å². The lowest BCUT2D eigenvalue weighted by molar-refractivity contribution is -0.171. The van der Waals surface area contributed by atoms with Gasteiger partial charge in [-0.15, -0.1) is 0 Å². The lowest BCUT2D eigenvalue weighted by Crippen LogP contribution is -2.45. The van der Waals surface area contributed by atoms with Gasteiger partial charge < -0.3 is 9.47 Å². The molecular weight excluding hydrogens is 268 g/mol. The van der Waals surface area contributed by atoms with Gasteiger partial charge in [-0.25, -0.2) is 0 Å². The fraction of sp³-hybridized carbons (Fsp3) is 0.765. The summed E-state index contributed by atoms with van der Waals surface area (Å²) in [5.41, 5.74) is -1.32. The first-order chi connectivity index (χ1) is 10.0. The van der Waals surface area contributed by atoms with Gasteiger partial charge in [-0.1, -0.05) is 45.8 Å². The molecule has 0 saturated carbocycles. The van der Waals surface area contributed by atoms with E-state index in [1.54, 1.807) is 19.9 Å². The maximum atomic E-state index is 12.5. The third-order valence-electron chi connectivity index (χ3n) is 3.56. The molecule has 0 heterocycles. The largest absolute Gasteiger partial charge is 0.465 e. The van der Waals surface area contributed by atoms with Crippen LogP contribution < -0.4 is 0 Å². The van der Waals surface area contributed by atoms with E-state index >= 15 is 0 Å². The monoisotopic (exact) mass is 298 g/mol. The van der Waals surface area contributed by atoms with E-state index in [9.17, 15) is 9.59 Å². The number of hydrogen-bond donors (Lipinski definition) is 0. The van der Waals surface area contributed by atoms with Crippen LogP contribution in [0.1, 0.15) is 60.3 Å². The zero-order valence-corrected chi connectivity index (χ0v) is 14.1. The maximum absolute atomic E-state index is 12.5. The summed E-state index contributed by atoms with van der Waals surface area (Å²) in [7, 11) is 0. The van der Waals surface area contributed by atoms with Gasteiger partial charge in [0.25, 0.3) is 0 Å². The summed E-state index contributed by atoms with van der Waals surface area (Å²) in [6, 6.07) is 0. The quantitative estimate of drug-likeness (QED) is 0.349. The fourth-order valence-corrected chi connectivity index (χ4v) is 2.38. The summed E-state index contributed by atoms with van der Waals surface area (Å²) in [6.45, 7) is 9.99. The van der Waals surface area contributed by atoms with Crippen LogP contribution >= 0.6 is 0 Å². The molecule has 0 bridgehead atoms. The number of rotatable bonds is 10. The van der Waals surface area contributed by atoms with Crippen molar-refractivity contribution >= 4 is 11.9 Å². The van der Waals surface area contributed by atoms with E-state index in [0.717, 1.165) is 25.7 Å². The van der Waals surface area contributed by atoms with Gasteiger partial charge in [0.15, 0.2) is 5.41 Å². The molecule has 0 aliphatic heterocycles. The van der Waals surface area contributed by atoms with E-state index in [1.807, 2.05) is 19.9 Å². The third kappa shape index (κ3) is 5.18. The minimum atomic E-state index is -1.32. The number of ether oxygens (including phenoxy) is 2. The molecule has 0 spiro atoms. The third-order valence-corrected chi connectivity index (χ3v) is 3.56. The highest BCUT2D eigenvalue weighted by molar-refractivity contribution is 6.02. The number of carbonyl (C=O) groups is 2. The molecule has 4 heteroatoms. The molecule has 21 heavy (non-hydrogen) atoms. The Morgan fingerprint density at radius 3 is 1.90 bits per heavy atom. The van der Waals surface area contributed by atoms with Gasteiger partial charge in [0.1, 0.15) is 0 Å². The summed E-state index contributed by atoms with van der Waals surface area (Å²) in [5.74, 6) is -1.16. The second-order valence-electron chi connectivity index (χ2n) is 5.19. The van der Waals surface area contributed by atoms with Crippen molar-refractivity contribution in [2.45, 2.75) is 60.3 Å². The Morgan fingerprint density at radius 2 is 1.52 bits per heavy atom. The molecule has 0 aromatic rings. The molecule has 0 aromatic carbocycles. The van der Waals surface area contributed by atoms with Crippen molar-refractivity contribution in [1.82, 2.24) is 0 Å². The molecule has 0 rings (SSSR count). The molecule has 4 nitrogen and oxygen atoms in total. The zero-order chi connectivity index (χ0) is 16.3. The number of carbonyl (C=O) groups excluding carboxylic acids is 2. The Bertz CT molecular complexity index is 329. The van der Waals surface area contributed by atoms with E-state index in [0.29, 0.717) is 0 Å². The molecular formula is C17H30O4. The van der Waals surface area contributed by atoms with E-state index in [1.165, 1.54) is 0 Å². The number of hydrogen-bond acceptors (Lipinski definition) is 4. The summed E-state index contributed by atoms with van der Waals surface area (Å²) < 4.78 is 10.4. The van der Waals surface area contributed by atoms with Crippen molar-refractivity contribution in [2.75, 3.05) is 13.2 Å². The highest BCUT2D eigenvalue weighted by atomic mass is 16.6. The van der Waals surface area contributed by atoms with Gasteiger partial charge in [0, 0.05) is 0 Å². The van der Waals surface area contributed by atoms with Gasteiger partial charge in [0.05, 0.1) is 13.2 Å². The van der Waals surface area contributed by atoms with Gasteiger partial charge in [0.2, 0.25) is 0 Å². The summed E-state index contributed by atoms with van der Waals surface area (Å²) in [5, 5.41) is 0. The number of esters is 2. The first kappa shape index (κ1) is 19.7. The van der Waals surface area contributed by atoms with Crippen molar-refractivity contribution in [1.29, 1.82) is 0 Å². The second kappa shape index (κ2) is 10.4. The highest BCUT2D eigenvalue weighted by Gasteiger charge is 2.50. The number of unbranched alkanes of at least 4 members (excludes halogenated alkanes) is 1.